The molecule has 0 radical (unpaired) electrons. The third kappa shape index (κ3) is 2.61. The first-order valence-corrected chi connectivity index (χ1v) is 6.23. The highest BCUT2D eigenvalue weighted by Gasteiger charge is 2.44. The Morgan fingerprint density at radius 2 is 1.94 bits per heavy atom. The van der Waals surface area contributed by atoms with Gasteiger partial charge in [0, 0.05) is 5.38 Å². The van der Waals surface area contributed by atoms with E-state index in [0.29, 0.717) is 5.13 Å². The third-order valence-corrected chi connectivity index (χ3v) is 3.95. The van der Waals surface area contributed by atoms with E-state index >= 15 is 0 Å². The molecule has 1 aromatic heterocycles. The number of carbonyl (C=O) groups is 2. The molecule has 100 valence electrons. The second-order valence-corrected chi connectivity index (χ2v) is 5.97. The van der Waals surface area contributed by atoms with E-state index in [2.05, 4.69) is 10.3 Å². The molecule has 0 aliphatic rings. The average molecular weight is 271 g/mol. The number of nitrogens with two attached hydrogens (primary N) is 1. The second kappa shape index (κ2) is 4.56. The molecule has 0 bridgehead atoms. The SMILES string of the molecule is CC(C)(NC(=O)c1csc(N)n1)C(C)(C)C(=O)O. The molecule has 1 aromatic rings. The van der Waals surface area contributed by atoms with Gasteiger partial charge in [0.2, 0.25) is 0 Å². The van der Waals surface area contributed by atoms with Gasteiger partial charge in [-0.15, -0.1) is 11.3 Å². The van der Waals surface area contributed by atoms with Gasteiger partial charge in [0.15, 0.2) is 5.13 Å². The first-order valence-electron chi connectivity index (χ1n) is 5.35. The van der Waals surface area contributed by atoms with Crippen LogP contribution >= 0.6 is 11.3 Å². The number of hydrogen-bond acceptors (Lipinski definition) is 5. The monoisotopic (exact) mass is 271 g/mol. The minimum atomic E-state index is -1.11. The number of carboxylic acid groups (broad SMARTS) is 1. The number of hydrogen-bond donors (Lipinski definition) is 3. The Balaban J connectivity index is 2.90. The van der Waals surface area contributed by atoms with Crippen LogP contribution in [0, 0.1) is 5.41 Å². The lowest BCUT2D eigenvalue weighted by Crippen LogP contribution is -2.57. The molecule has 1 rings (SSSR count). The fourth-order valence-electron chi connectivity index (χ4n) is 1.16. The van der Waals surface area contributed by atoms with Gasteiger partial charge < -0.3 is 16.2 Å². The van der Waals surface area contributed by atoms with Crippen LogP contribution in [0.15, 0.2) is 5.38 Å². The number of thiazole rings is 1. The average Bonchev–Trinajstić information content (AvgIpc) is 2.63. The highest BCUT2D eigenvalue weighted by atomic mass is 32.1. The smallest absolute Gasteiger partial charge is 0.311 e. The summed E-state index contributed by atoms with van der Waals surface area (Å²) in [5.74, 6) is -1.41. The number of amides is 1. The van der Waals surface area contributed by atoms with Gasteiger partial charge in [0.1, 0.15) is 5.69 Å². The molecule has 18 heavy (non-hydrogen) atoms. The number of anilines is 1. The molecule has 0 saturated carbocycles. The predicted molar refractivity (Wildman–Crippen MR) is 69.5 cm³/mol. The van der Waals surface area contributed by atoms with E-state index in [0.717, 1.165) is 11.3 Å². The lowest BCUT2D eigenvalue weighted by atomic mass is 9.74. The van der Waals surface area contributed by atoms with Crippen LogP contribution in [0.4, 0.5) is 5.13 Å². The molecule has 7 heteroatoms. The van der Waals surface area contributed by atoms with Gasteiger partial charge in [-0.1, -0.05) is 0 Å². The van der Waals surface area contributed by atoms with Crippen molar-refractivity contribution in [2.75, 3.05) is 5.73 Å². The summed E-state index contributed by atoms with van der Waals surface area (Å²) in [5.41, 5.74) is 3.62. The first kappa shape index (κ1) is 14.4. The molecule has 1 heterocycles. The number of aliphatic carboxylic acids is 1. The van der Waals surface area contributed by atoms with Crippen molar-refractivity contribution in [2.24, 2.45) is 5.41 Å². The lowest BCUT2D eigenvalue weighted by Gasteiger charge is -2.38. The Labute approximate surface area is 109 Å². The molecular weight excluding hydrogens is 254 g/mol. The summed E-state index contributed by atoms with van der Waals surface area (Å²) in [4.78, 5) is 27.0. The van der Waals surface area contributed by atoms with E-state index in [-0.39, 0.29) is 5.69 Å². The third-order valence-electron chi connectivity index (χ3n) is 3.28. The number of carbonyl (C=O) groups excluding carboxylic acids is 1. The first-order chi connectivity index (χ1) is 8.08. The van der Waals surface area contributed by atoms with E-state index in [4.69, 9.17) is 5.73 Å². The molecule has 0 aliphatic heterocycles. The fourth-order valence-corrected chi connectivity index (χ4v) is 1.71. The zero-order chi connectivity index (χ0) is 14.1. The van der Waals surface area contributed by atoms with Gasteiger partial charge in [-0.25, -0.2) is 4.98 Å². The maximum atomic E-state index is 11.9. The van der Waals surface area contributed by atoms with Gasteiger partial charge in [0.05, 0.1) is 11.0 Å². The number of nitrogens with one attached hydrogen (secondary N) is 1. The highest BCUT2D eigenvalue weighted by molar-refractivity contribution is 7.13. The van der Waals surface area contributed by atoms with Crippen LogP contribution in [0.1, 0.15) is 38.2 Å². The molecule has 6 nitrogen and oxygen atoms in total. The minimum Gasteiger partial charge on any atom is -0.481 e. The Kier molecular flexibility index (Phi) is 3.66. The predicted octanol–water partition coefficient (Wildman–Crippen LogP) is 1.34. The van der Waals surface area contributed by atoms with Gasteiger partial charge >= 0.3 is 5.97 Å². The van der Waals surface area contributed by atoms with Crippen LogP contribution in [0.3, 0.4) is 0 Å². The van der Waals surface area contributed by atoms with Crippen LogP contribution in [0.2, 0.25) is 0 Å². The van der Waals surface area contributed by atoms with E-state index in [1.54, 1.807) is 27.7 Å². The molecule has 4 N–H and O–H groups in total. The van der Waals surface area contributed by atoms with E-state index in [1.165, 1.54) is 5.38 Å². The van der Waals surface area contributed by atoms with Crippen LogP contribution in [0.5, 0.6) is 0 Å². The number of nitrogen functional groups attached to an aromatic ring is 1. The minimum absolute atomic E-state index is 0.201. The molecule has 0 aliphatic carbocycles. The van der Waals surface area contributed by atoms with Crippen molar-refractivity contribution in [3.05, 3.63) is 11.1 Å². The van der Waals surface area contributed by atoms with Crippen LogP contribution in [-0.2, 0) is 4.79 Å². The van der Waals surface area contributed by atoms with E-state index in [9.17, 15) is 14.7 Å². The maximum Gasteiger partial charge on any atom is 0.311 e. The number of carboxylic acids is 1. The van der Waals surface area contributed by atoms with Crippen molar-refractivity contribution in [3.63, 3.8) is 0 Å². The molecule has 0 saturated heterocycles. The van der Waals surface area contributed by atoms with Crippen LogP contribution in [0.25, 0.3) is 0 Å². The zero-order valence-electron chi connectivity index (χ0n) is 10.8. The largest absolute Gasteiger partial charge is 0.481 e. The number of aromatic nitrogens is 1. The maximum absolute atomic E-state index is 11.9. The van der Waals surface area contributed by atoms with Crippen molar-refractivity contribution in [1.82, 2.24) is 10.3 Å². The van der Waals surface area contributed by atoms with Crippen molar-refractivity contribution in [2.45, 2.75) is 33.2 Å². The quantitative estimate of drug-likeness (QED) is 0.766. The summed E-state index contributed by atoms with van der Waals surface area (Å²) in [5, 5.41) is 13.7. The Morgan fingerprint density at radius 3 is 2.33 bits per heavy atom. The normalized spacial score (nSPS) is 12.2. The molecule has 0 unspecified atom stereocenters. The summed E-state index contributed by atoms with van der Waals surface area (Å²) in [6.07, 6.45) is 0. The van der Waals surface area contributed by atoms with Crippen LogP contribution < -0.4 is 11.1 Å². The number of rotatable bonds is 4. The second-order valence-electron chi connectivity index (χ2n) is 5.08. The molecule has 0 atom stereocenters. The summed E-state index contributed by atoms with van der Waals surface area (Å²) < 4.78 is 0. The lowest BCUT2D eigenvalue weighted by molar-refractivity contribution is -0.150. The Hall–Kier alpha value is -1.63. The van der Waals surface area contributed by atoms with Gasteiger partial charge in [-0.05, 0) is 27.7 Å². The van der Waals surface area contributed by atoms with E-state index < -0.39 is 22.8 Å². The van der Waals surface area contributed by atoms with Gasteiger partial charge in [-0.3, -0.25) is 9.59 Å². The molecular formula is C11H17N3O3S. The zero-order valence-corrected chi connectivity index (χ0v) is 11.6. The van der Waals surface area contributed by atoms with Crippen molar-refractivity contribution in [3.8, 4) is 0 Å². The van der Waals surface area contributed by atoms with Crippen molar-refractivity contribution < 1.29 is 14.7 Å². The van der Waals surface area contributed by atoms with Crippen LogP contribution in [-0.4, -0.2) is 27.5 Å². The number of nitrogens with zero attached hydrogens (tertiary/aromatic N) is 1. The van der Waals surface area contributed by atoms with E-state index in [1.807, 2.05) is 0 Å². The molecule has 0 spiro atoms. The molecule has 0 aromatic carbocycles. The van der Waals surface area contributed by atoms with Crippen molar-refractivity contribution >= 4 is 28.3 Å². The Bertz CT molecular complexity index is 480. The fraction of sp³-hybridized carbons (Fsp3) is 0.545. The summed E-state index contributed by atoms with van der Waals surface area (Å²) in [7, 11) is 0. The van der Waals surface area contributed by atoms with Gasteiger partial charge in [-0.2, -0.15) is 0 Å². The Morgan fingerprint density at radius 1 is 1.39 bits per heavy atom. The van der Waals surface area contributed by atoms with Gasteiger partial charge in [0.25, 0.3) is 5.91 Å². The molecule has 0 fully saturated rings. The molecule has 1 amide bonds. The van der Waals surface area contributed by atoms with Crippen molar-refractivity contribution in [1.29, 1.82) is 0 Å². The highest BCUT2D eigenvalue weighted by Crippen LogP contribution is 2.31. The topological polar surface area (TPSA) is 105 Å². The summed E-state index contributed by atoms with van der Waals surface area (Å²) in [6.45, 7) is 6.44. The summed E-state index contributed by atoms with van der Waals surface area (Å²) >= 11 is 1.16. The standard InChI is InChI=1S/C11H17N3O3S/c1-10(2,8(16)17)11(3,4)14-7(15)6-5-18-9(12)13-6/h5H,1-4H3,(H2,12,13)(H,14,15)(H,16,17). The summed E-state index contributed by atoms with van der Waals surface area (Å²) in [6, 6.07) is 0.